The van der Waals surface area contributed by atoms with Gasteiger partial charge in [0.1, 0.15) is 5.82 Å². The maximum Gasteiger partial charge on any atom is 0.314 e. The summed E-state index contributed by atoms with van der Waals surface area (Å²) >= 11 is 0. The molecule has 0 atom stereocenters. The number of nitrogens with zero attached hydrogens (tertiary/aromatic N) is 2. The molecule has 4 N–H and O–H groups in total. The van der Waals surface area contributed by atoms with E-state index in [1.807, 2.05) is 0 Å². The van der Waals surface area contributed by atoms with Crippen molar-refractivity contribution in [1.29, 1.82) is 0 Å². The van der Waals surface area contributed by atoms with Gasteiger partial charge in [0, 0.05) is 5.69 Å². The first-order valence-corrected chi connectivity index (χ1v) is 5.99. The highest BCUT2D eigenvalue weighted by Gasteiger charge is 2.11. The molecule has 0 spiro atoms. The minimum atomic E-state index is -0.754. The molecule has 21 heavy (non-hydrogen) atoms. The number of amides is 1. The number of hydrogen-bond acceptors (Lipinski definition) is 5. The first-order chi connectivity index (χ1) is 10.0. The van der Waals surface area contributed by atoms with Crippen LogP contribution in [0.5, 0.6) is 0 Å². The fraction of sp³-hybridized carbons (Fsp3) is 0.0833. The molecule has 0 saturated heterocycles. The molecule has 0 unspecified atom stereocenters. The Labute approximate surface area is 116 Å². The molecule has 0 radical (unpaired) electrons. The number of anilines is 1. The minimum absolute atomic E-state index is 0.0163. The number of aryl methyl sites for hydroxylation is 1. The Morgan fingerprint density at radius 3 is 2.52 bits per heavy atom. The van der Waals surface area contributed by atoms with Crippen LogP contribution in [0, 0.1) is 6.92 Å². The summed E-state index contributed by atoms with van der Waals surface area (Å²) in [5.74, 6) is 0.0635. The molecule has 0 aliphatic rings. The highest BCUT2D eigenvalue weighted by Crippen LogP contribution is 2.14. The molecular weight excluding hydrogens is 276 g/mol. The van der Waals surface area contributed by atoms with Crippen molar-refractivity contribution in [2.24, 2.45) is 0 Å². The second kappa shape index (κ2) is 4.71. The van der Waals surface area contributed by atoms with E-state index in [1.54, 1.807) is 19.1 Å². The summed E-state index contributed by atoms with van der Waals surface area (Å²) in [5.41, 5.74) is -0.168. The summed E-state index contributed by atoms with van der Waals surface area (Å²) in [6.45, 7) is 1.68. The molecule has 0 saturated carbocycles. The van der Waals surface area contributed by atoms with Gasteiger partial charge in [-0.1, -0.05) is 0 Å². The van der Waals surface area contributed by atoms with E-state index in [2.05, 4.69) is 30.5 Å². The fourth-order valence-electron chi connectivity index (χ4n) is 1.82. The summed E-state index contributed by atoms with van der Waals surface area (Å²) in [4.78, 5) is 43.1. The summed E-state index contributed by atoms with van der Waals surface area (Å²) < 4.78 is 0. The van der Waals surface area contributed by atoms with Crippen molar-refractivity contribution in [1.82, 2.24) is 25.1 Å². The van der Waals surface area contributed by atoms with Gasteiger partial charge in [-0.25, -0.2) is 4.98 Å². The molecule has 0 aliphatic heterocycles. The molecule has 1 aromatic carbocycles. The van der Waals surface area contributed by atoms with Crippen LogP contribution in [0.4, 0.5) is 5.69 Å². The average molecular weight is 286 g/mol. The van der Waals surface area contributed by atoms with Gasteiger partial charge in [0.25, 0.3) is 5.91 Å². The van der Waals surface area contributed by atoms with Gasteiger partial charge >= 0.3 is 11.1 Å². The van der Waals surface area contributed by atoms with E-state index in [9.17, 15) is 14.4 Å². The molecule has 2 heterocycles. The van der Waals surface area contributed by atoms with Gasteiger partial charge in [-0.3, -0.25) is 19.5 Å². The number of benzene rings is 1. The Hall–Kier alpha value is -3.23. The number of hydrogen-bond donors (Lipinski definition) is 4. The van der Waals surface area contributed by atoms with E-state index >= 15 is 0 Å². The van der Waals surface area contributed by atoms with Crippen molar-refractivity contribution in [2.75, 3.05) is 5.32 Å². The molecule has 3 rings (SSSR count). The van der Waals surface area contributed by atoms with Crippen LogP contribution < -0.4 is 16.4 Å². The largest absolute Gasteiger partial charge is 0.319 e. The summed E-state index contributed by atoms with van der Waals surface area (Å²) in [6, 6.07) is 4.70. The van der Waals surface area contributed by atoms with E-state index in [-0.39, 0.29) is 5.82 Å². The van der Waals surface area contributed by atoms with E-state index in [0.29, 0.717) is 22.5 Å². The van der Waals surface area contributed by atoms with Crippen LogP contribution >= 0.6 is 0 Å². The number of fused-ring (bicyclic) bond motifs is 1. The molecule has 3 aromatic rings. The second-order valence-electron chi connectivity index (χ2n) is 4.37. The molecule has 9 heteroatoms. The van der Waals surface area contributed by atoms with Crippen LogP contribution in [0.25, 0.3) is 11.0 Å². The number of rotatable bonds is 2. The first kappa shape index (κ1) is 12.8. The number of carbonyl (C=O) groups is 1. The van der Waals surface area contributed by atoms with Crippen molar-refractivity contribution in [3.05, 3.63) is 50.6 Å². The van der Waals surface area contributed by atoms with Gasteiger partial charge in [0.15, 0.2) is 0 Å². The zero-order chi connectivity index (χ0) is 15.0. The summed E-state index contributed by atoms with van der Waals surface area (Å²) in [7, 11) is 0. The van der Waals surface area contributed by atoms with Gasteiger partial charge in [-0.05, 0) is 25.1 Å². The smallest absolute Gasteiger partial charge is 0.314 e. The third-order valence-electron chi connectivity index (χ3n) is 2.78. The number of aromatic nitrogens is 5. The predicted octanol–water partition coefficient (Wildman–Crippen LogP) is -0.105. The molecule has 0 aliphatic carbocycles. The van der Waals surface area contributed by atoms with Crippen LogP contribution in [0.15, 0.2) is 27.8 Å². The Balaban J connectivity index is 1.94. The van der Waals surface area contributed by atoms with Crippen LogP contribution in [0.2, 0.25) is 0 Å². The zero-order valence-electron chi connectivity index (χ0n) is 10.9. The van der Waals surface area contributed by atoms with Gasteiger partial charge in [0.2, 0.25) is 5.82 Å². The Kier molecular flexibility index (Phi) is 2.87. The van der Waals surface area contributed by atoms with Gasteiger partial charge in [-0.15, -0.1) is 5.10 Å². The van der Waals surface area contributed by atoms with Crippen molar-refractivity contribution < 1.29 is 4.79 Å². The lowest BCUT2D eigenvalue weighted by Gasteiger charge is -2.04. The van der Waals surface area contributed by atoms with Crippen LogP contribution in [0.1, 0.15) is 16.4 Å². The Bertz CT molecular complexity index is 951. The molecule has 0 fully saturated rings. The predicted molar refractivity (Wildman–Crippen MR) is 74.3 cm³/mol. The van der Waals surface area contributed by atoms with Gasteiger partial charge in [0.05, 0.1) is 11.0 Å². The van der Waals surface area contributed by atoms with Crippen LogP contribution in [-0.4, -0.2) is 31.1 Å². The van der Waals surface area contributed by atoms with Crippen molar-refractivity contribution in [2.45, 2.75) is 6.92 Å². The maximum absolute atomic E-state index is 11.9. The maximum atomic E-state index is 11.9. The lowest BCUT2D eigenvalue weighted by molar-refractivity contribution is 0.101. The molecule has 0 bridgehead atoms. The highest BCUT2D eigenvalue weighted by molar-refractivity contribution is 6.02. The topological polar surface area (TPSA) is 136 Å². The Morgan fingerprint density at radius 1 is 1.14 bits per heavy atom. The third-order valence-corrected chi connectivity index (χ3v) is 2.78. The standard InChI is InChI=1S/C12H10N6O3/c1-5-13-9(18-17-5)10(19)14-6-2-3-7-8(4-6)16-12(21)11(20)15-7/h2-4H,1H3,(H,14,19)(H,15,20)(H,16,21)(H,13,17,18). The minimum Gasteiger partial charge on any atom is -0.319 e. The van der Waals surface area contributed by atoms with Crippen molar-refractivity contribution in [3.63, 3.8) is 0 Å². The highest BCUT2D eigenvalue weighted by atomic mass is 16.2. The normalized spacial score (nSPS) is 10.7. The van der Waals surface area contributed by atoms with Crippen molar-refractivity contribution in [3.8, 4) is 0 Å². The number of aromatic amines is 3. The average Bonchev–Trinajstić information content (AvgIpc) is 2.87. The summed E-state index contributed by atoms with van der Waals surface area (Å²) in [6.07, 6.45) is 0. The van der Waals surface area contributed by atoms with E-state index in [0.717, 1.165) is 0 Å². The van der Waals surface area contributed by atoms with Gasteiger partial charge in [-0.2, -0.15) is 0 Å². The quantitative estimate of drug-likeness (QED) is 0.487. The monoisotopic (exact) mass is 286 g/mol. The lowest BCUT2D eigenvalue weighted by atomic mass is 10.2. The van der Waals surface area contributed by atoms with Crippen LogP contribution in [0.3, 0.4) is 0 Å². The molecule has 106 valence electrons. The summed E-state index contributed by atoms with van der Waals surface area (Å²) in [5, 5.41) is 8.92. The van der Waals surface area contributed by atoms with Crippen molar-refractivity contribution >= 4 is 22.6 Å². The zero-order valence-corrected chi connectivity index (χ0v) is 10.9. The van der Waals surface area contributed by atoms with Gasteiger partial charge < -0.3 is 15.3 Å². The molecule has 2 aromatic heterocycles. The van der Waals surface area contributed by atoms with E-state index in [4.69, 9.17) is 0 Å². The Morgan fingerprint density at radius 2 is 1.86 bits per heavy atom. The van der Waals surface area contributed by atoms with E-state index in [1.165, 1.54) is 6.07 Å². The fourth-order valence-corrected chi connectivity index (χ4v) is 1.82. The number of H-pyrrole nitrogens is 3. The number of nitrogens with one attached hydrogen (secondary N) is 4. The SMILES string of the molecule is Cc1nc(C(=O)Nc2ccc3[nH]c(=O)c(=O)[nH]c3c2)n[nH]1. The number of carbonyl (C=O) groups excluding carboxylic acids is 1. The second-order valence-corrected chi connectivity index (χ2v) is 4.37. The first-order valence-electron chi connectivity index (χ1n) is 5.99. The van der Waals surface area contributed by atoms with E-state index < -0.39 is 17.0 Å². The lowest BCUT2D eigenvalue weighted by Crippen LogP contribution is -2.28. The molecular formula is C12H10N6O3. The third kappa shape index (κ3) is 2.43. The van der Waals surface area contributed by atoms with Crippen LogP contribution in [-0.2, 0) is 0 Å². The molecule has 1 amide bonds. The molecule has 9 nitrogen and oxygen atoms in total.